The van der Waals surface area contributed by atoms with E-state index < -0.39 is 40.8 Å². The van der Waals surface area contributed by atoms with Crippen molar-refractivity contribution in [3.8, 4) is 0 Å². The van der Waals surface area contributed by atoms with Crippen LogP contribution in [0.2, 0.25) is 6.32 Å². The summed E-state index contributed by atoms with van der Waals surface area (Å²) in [5.41, 5.74) is 9.61. The molecule has 8 N–H and O–H groups in total. The number of carboxylic acid groups (broad SMARTS) is 1. The molecule has 0 aromatic carbocycles. The van der Waals surface area contributed by atoms with E-state index in [9.17, 15) is 18.3 Å². The Morgan fingerprint density at radius 1 is 1.52 bits per heavy atom. The molecular formula is C11H25BN4O6S. The highest BCUT2D eigenvalue weighted by atomic mass is 32.2. The van der Waals surface area contributed by atoms with Crippen LogP contribution in [0.4, 0.5) is 0 Å². The third-order valence-electron chi connectivity index (χ3n) is 4.05. The minimum Gasteiger partial charge on any atom is -0.480 e. The summed E-state index contributed by atoms with van der Waals surface area (Å²) in [4.78, 5) is 11.5. The van der Waals surface area contributed by atoms with Gasteiger partial charge in [-0.2, -0.15) is 17.4 Å². The first-order valence-corrected chi connectivity index (χ1v) is 8.82. The van der Waals surface area contributed by atoms with Gasteiger partial charge in [-0.15, -0.1) is 0 Å². The predicted octanol–water partition coefficient (Wildman–Crippen LogP) is -2.87. The lowest BCUT2D eigenvalue weighted by atomic mass is 9.78. The second kappa shape index (κ2) is 7.88. The quantitative estimate of drug-likeness (QED) is 0.240. The summed E-state index contributed by atoms with van der Waals surface area (Å²) in [6.45, 7) is 1.32. The van der Waals surface area contributed by atoms with Gasteiger partial charge in [0.1, 0.15) is 5.54 Å². The summed E-state index contributed by atoms with van der Waals surface area (Å²) in [5, 5.41) is 27.1. The van der Waals surface area contributed by atoms with E-state index in [1.165, 1.54) is 0 Å². The van der Waals surface area contributed by atoms with Crippen LogP contribution in [0.25, 0.3) is 0 Å². The minimum absolute atomic E-state index is 0.0447. The first-order valence-electron chi connectivity index (χ1n) is 7.38. The number of carboxylic acids is 1. The van der Waals surface area contributed by atoms with Gasteiger partial charge in [0, 0.05) is 31.6 Å². The maximum atomic E-state index is 12.3. The number of aliphatic carboxylic acids is 1. The van der Waals surface area contributed by atoms with Crippen LogP contribution in [0.1, 0.15) is 19.8 Å². The van der Waals surface area contributed by atoms with Gasteiger partial charge in [0.25, 0.3) is 10.2 Å². The molecular weight excluding hydrogens is 327 g/mol. The normalized spacial score (nSPS) is 27.1. The molecule has 0 saturated carbocycles. The fourth-order valence-electron chi connectivity index (χ4n) is 2.59. The fourth-order valence-corrected chi connectivity index (χ4v) is 4.11. The smallest absolute Gasteiger partial charge is 0.451 e. The van der Waals surface area contributed by atoms with Crippen LogP contribution in [-0.4, -0.2) is 72.2 Å². The predicted molar refractivity (Wildman–Crippen MR) is 84.4 cm³/mol. The van der Waals surface area contributed by atoms with Crippen LogP contribution >= 0.6 is 0 Å². The summed E-state index contributed by atoms with van der Waals surface area (Å²) in [6, 6.07) is -0.486. The van der Waals surface area contributed by atoms with E-state index in [4.69, 9.17) is 21.5 Å². The van der Waals surface area contributed by atoms with Crippen LogP contribution in [0.15, 0.2) is 0 Å². The molecule has 134 valence electrons. The lowest BCUT2D eigenvalue weighted by Crippen LogP contribution is -2.55. The number of hydrogen-bond acceptors (Lipinski definition) is 7. The Balaban J connectivity index is 2.85. The van der Waals surface area contributed by atoms with Gasteiger partial charge in [0.05, 0.1) is 0 Å². The third-order valence-corrected chi connectivity index (χ3v) is 5.71. The first kappa shape index (κ1) is 20.3. The number of rotatable bonds is 9. The van der Waals surface area contributed by atoms with Crippen molar-refractivity contribution in [3.63, 3.8) is 0 Å². The molecule has 23 heavy (non-hydrogen) atoms. The van der Waals surface area contributed by atoms with E-state index in [2.05, 4.69) is 4.72 Å². The second-order valence-electron chi connectivity index (χ2n) is 6.01. The molecule has 1 saturated heterocycles. The molecule has 1 heterocycles. The largest absolute Gasteiger partial charge is 0.480 e. The lowest BCUT2D eigenvalue weighted by Gasteiger charge is -2.25. The molecule has 0 aromatic rings. The molecule has 3 atom stereocenters. The summed E-state index contributed by atoms with van der Waals surface area (Å²) in [7, 11) is -5.37. The summed E-state index contributed by atoms with van der Waals surface area (Å²) < 4.78 is 27.9. The van der Waals surface area contributed by atoms with Crippen molar-refractivity contribution in [1.82, 2.24) is 9.03 Å². The highest BCUT2D eigenvalue weighted by Gasteiger charge is 2.52. The average Bonchev–Trinajstić information content (AvgIpc) is 2.77. The Hall–Kier alpha value is -0.755. The van der Waals surface area contributed by atoms with Gasteiger partial charge >= 0.3 is 13.1 Å². The van der Waals surface area contributed by atoms with Crippen molar-refractivity contribution < 1.29 is 28.4 Å². The molecule has 0 bridgehead atoms. The van der Waals surface area contributed by atoms with Crippen LogP contribution in [0.5, 0.6) is 0 Å². The third kappa shape index (κ3) is 5.11. The highest BCUT2D eigenvalue weighted by molar-refractivity contribution is 7.87. The molecule has 0 aromatic heterocycles. The van der Waals surface area contributed by atoms with Gasteiger partial charge in [-0.3, -0.25) is 4.79 Å². The summed E-state index contributed by atoms with van der Waals surface area (Å²) >= 11 is 0. The number of carbonyl (C=O) groups is 1. The molecule has 0 amide bonds. The Morgan fingerprint density at radius 3 is 2.61 bits per heavy atom. The Kier molecular flexibility index (Phi) is 6.95. The standard InChI is InChI=1S/C11H25BN4O6S/c1-8(5-13)15-23(21,22)16-6-9(3-2-4-12(19)20)11(14,7-16)10(17)18/h8-9,15,19-20H,2-7,13-14H2,1H3,(H,17,18)/t8-,9-,11-/m1/s1. The van der Waals surface area contributed by atoms with E-state index in [0.717, 1.165) is 4.31 Å². The van der Waals surface area contributed by atoms with E-state index in [1.807, 2.05) is 0 Å². The van der Waals surface area contributed by atoms with Crippen molar-refractivity contribution in [3.05, 3.63) is 0 Å². The lowest BCUT2D eigenvalue weighted by molar-refractivity contribution is -0.144. The van der Waals surface area contributed by atoms with E-state index in [1.54, 1.807) is 6.92 Å². The number of nitrogens with two attached hydrogens (primary N) is 2. The molecule has 1 fully saturated rings. The molecule has 0 spiro atoms. The van der Waals surface area contributed by atoms with E-state index in [-0.39, 0.29) is 32.4 Å². The molecule has 0 radical (unpaired) electrons. The van der Waals surface area contributed by atoms with Gasteiger partial charge < -0.3 is 26.6 Å². The fraction of sp³-hybridized carbons (Fsp3) is 0.909. The van der Waals surface area contributed by atoms with Gasteiger partial charge in [-0.05, 0) is 19.7 Å². The molecule has 1 aliphatic rings. The molecule has 1 aliphatic heterocycles. The van der Waals surface area contributed by atoms with E-state index >= 15 is 0 Å². The van der Waals surface area contributed by atoms with Gasteiger partial charge in [0.2, 0.25) is 0 Å². The van der Waals surface area contributed by atoms with Crippen LogP contribution < -0.4 is 16.2 Å². The second-order valence-corrected chi connectivity index (χ2v) is 7.71. The van der Waals surface area contributed by atoms with E-state index in [0.29, 0.717) is 6.42 Å². The Labute approximate surface area is 136 Å². The number of hydrogen-bond donors (Lipinski definition) is 6. The topological polar surface area (TPSA) is 179 Å². The summed E-state index contributed by atoms with van der Waals surface area (Å²) in [5.74, 6) is -1.90. The zero-order chi connectivity index (χ0) is 17.8. The Bertz CT molecular complexity index is 519. The van der Waals surface area contributed by atoms with Gasteiger partial charge in [-0.1, -0.05) is 6.42 Å². The van der Waals surface area contributed by atoms with Crippen molar-refractivity contribution >= 4 is 23.3 Å². The molecule has 0 aliphatic carbocycles. The molecule has 10 nitrogen and oxygen atoms in total. The van der Waals surface area contributed by atoms with Crippen molar-refractivity contribution in [2.24, 2.45) is 17.4 Å². The number of nitrogens with zero attached hydrogens (tertiary/aromatic N) is 1. The maximum absolute atomic E-state index is 12.3. The van der Waals surface area contributed by atoms with Gasteiger partial charge in [-0.25, -0.2) is 0 Å². The average molecular weight is 352 g/mol. The first-order chi connectivity index (χ1) is 10.5. The molecule has 12 heteroatoms. The van der Waals surface area contributed by atoms with Crippen LogP contribution in [0.3, 0.4) is 0 Å². The van der Waals surface area contributed by atoms with Crippen LogP contribution in [-0.2, 0) is 15.0 Å². The molecule has 1 rings (SSSR count). The maximum Gasteiger partial charge on any atom is 0.451 e. The zero-order valence-electron chi connectivity index (χ0n) is 13.1. The zero-order valence-corrected chi connectivity index (χ0v) is 13.9. The van der Waals surface area contributed by atoms with Crippen molar-refractivity contribution in [1.29, 1.82) is 0 Å². The SMILES string of the molecule is C[C@H](CN)NS(=O)(=O)N1C[C@@H](CCCB(O)O)[C@@](N)(C(=O)O)C1. The molecule has 0 unspecified atom stereocenters. The van der Waals surface area contributed by atoms with Gasteiger partial charge in [0.15, 0.2) is 0 Å². The van der Waals surface area contributed by atoms with Crippen molar-refractivity contribution in [2.45, 2.75) is 37.7 Å². The monoisotopic (exact) mass is 352 g/mol. The summed E-state index contributed by atoms with van der Waals surface area (Å²) in [6.07, 6.45) is 0.676. The number of nitrogens with one attached hydrogen (secondary N) is 1. The minimum atomic E-state index is -3.89. The van der Waals surface area contributed by atoms with Crippen LogP contribution in [0, 0.1) is 5.92 Å². The van der Waals surface area contributed by atoms with Crippen molar-refractivity contribution in [2.75, 3.05) is 19.6 Å². The Morgan fingerprint density at radius 2 is 2.13 bits per heavy atom. The highest BCUT2D eigenvalue weighted by Crippen LogP contribution is 2.31.